The zero-order chi connectivity index (χ0) is 14.4. The first-order valence-electron chi connectivity index (χ1n) is 7.14. The molecule has 112 valence electrons. The number of nitrogens with two attached hydrogens (primary N) is 1. The minimum Gasteiger partial charge on any atom is -0.494 e. The van der Waals surface area contributed by atoms with Gasteiger partial charge in [-0.15, -0.1) is 0 Å². The van der Waals surface area contributed by atoms with Crippen LogP contribution in [0.3, 0.4) is 0 Å². The molecule has 2 N–H and O–H groups in total. The Morgan fingerprint density at radius 2 is 2.30 bits per heavy atom. The average Bonchev–Trinajstić information content (AvgIpc) is 2.92. The van der Waals surface area contributed by atoms with Gasteiger partial charge in [0.25, 0.3) is 0 Å². The van der Waals surface area contributed by atoms with Crippen LogP contribution in [0, 0.1) is 0 Å². The van der Waals surface area contributed by atoms with Gasteiger partial charge >= 0.3 is 0 Å². The second-order valence-corrected chi connectivity index (χ2v) is 6.53. The highest BCUT2D eigenvalue weighted by atomic mass is 32.2. The third-order valence-corrected chi connectivity index (χ3v) is 4.85. The van der Waals surface area contributed by atoms with E-state index in [9.17, 15) is 4.21 Å². The number of hydrogen-bond acceptors (Lipinski definition) is 4. The minimum absolute atomic E-state index is 0.144. The van der Waals surface area contributed by atoms with Crippen molar-refractivity contribution in [3.8, 4) is 5.75 Å². The van der Waals surface area contributed by atoms with Gasteiger partial charge in [0.1, 0.15) is 5.75 Å². The lowest BCUT2D eigenvalue weighted by Gasteiger charge is -2.17. The maximum atomic E-state index is 12.2. The van der Waals surface area contributed by atoms with Crippen LogP contribution in [-0.4, -0.2) is 35.0 Å². The Labute approximate surface area is 123 Å². The summed E-state index contributed by atoms with van der Waals surface area (Å²) in [6.45, 7) is 3.34. The average molecular weight is 297 g/mol. The molecule has 4 nitrogen and oxygen atoms in total. The zero-order valence-corrected chi connectivity index (χ0v) is 12.7. The van der Waals surface area contributed by atoms with Gasteiger partial charge in [-0.05, 0) is 25.8 Å². The Bertz CT molecular complexity index is 446. The van der Waals surface area contributed by atoms with E-state index in [1.54, 1.807) is 0 Å². The first-order chi connectivity index (χ1) is 9.70. The highest BCUT2D eigenvalue weighted by Crippen LogP contribution is 2.24. The Balaban J connectivity index is 1.93. The fourth-order valence-corrected chi connectivity index (χ4v) is 3.81. The lowest BCUT2D eigenvalue weighted by Crippen LogP contribution is -2.24. The SMILES string of the molecule is CCOc1ccccc1C(N)CS(=O)CC1CCCO1. The summed E-state index contributed by atoms with van der Waals surface area (Å²) < 4.78 is 23.2. The first-order valence-corrected chi connectivity index (χ1v) is 8.63. The highest BCUT2D eigenvalue weighted by Gasteiger charge is 2.21. The van der Waals surface area contributed by atoms with Crippen molar-refractivity contribution in [3.05, 3.63) is 29.8 Å². The summed E-state index contributed by atoms with van der Waals surface area (Å²) >= 11 is 0. The second kappa shape index (κ2) is 7.76. The Morgan fingerprint density at radius 1 is 1.50 bits per heavy atom. The van der Waals surface area contributed by atoms with Gasteiger partial charge < -0.3 is 15.2 Å². The van der Waals surface area contributed by atoms with Crippen molar-refractivity contribution >= 4 is 10.8 Å². The van der Waals surface area contributed by atoms with Gasteiger partial charge in [-0.1, -0.05) is 18.2 Å². The summed E-state index contributed by atoms with van der Waals surface area (Å²) in [6, 6.07) is 7.44. The number of ether oxygens (including phenoxy) is 2. The van der Waals surface area contributed by atoms with Crippen molar-refractivity contribution in [2.24, 2.45) is 5.73 Å². The maximum absolute atomic E-state index is 12.2. The summed E-state index contributed by atoms with van der Waals surface area (Å²) in [5.74, 6) is 1.82. The van der Waals surface area contributed by atoms with Gasteiger partial charge in [0.05, 0.1) is 12.7 Å². The van der Waals surface area contributed by atoms with Gasteiger partial charge in [0.2, 0.25) is 0 Å². The van der Waals surface area contributed by atoms with Crippen LogP contribution in [0.1, 0.15) is 31.4 Å². The summed E-state index contributed by atoms with van der Waals surface area (Å²) in [7, 11) is -0.958. The first kappa shape index (κ1) is 15.5. The quantitative estimate of drug-likeness (QED) is 0.836. The molecule has 5 heteroatoms. The molecule has 1 aliphatic rings. The molecule has 0 saturated carbocycles. The van der Waals surface area contributed by atoms with E-state index in [4.69, 9.17) is 15.2 Å². The van der Waals surface area contributed by atoms with E-state index in [0.717, 1.165) is 30.8 Å². The third-order valence-electron chi connectivity index (χ3n) is 3.38. The molecule has 0 aliphatic carbocycles. The fraction of sp³-hybridized carbons (Fsp3) is 0.600. The largest absolute Gasteiger partial charge is 0.494 e. The highest BCUT2D eigenvalue weighted by molar-refractivity contribution is 7.85. The van der Waals surface area contributed by atoms with Crippen molar-refractivity contribution in [1.29, 1.82) is 0 Å². The Morgan fingerprint density at radius 3 is 3.00 bits per heavy atom. The molecule has 0 bridgehead atoms. The Kier molecular flexibility index (Phi) is 6.01. The van der Waals surface area contributed by atoms with Crippen LogP contribution in [0.4, 0.5) is 0 Å². The zero-order valence-electron chi connectivity index (χ0n) is 11.9. The molecule has 1 saturated heterocycles. The van der Waals surface area contributed by atoms with E-state index in [0.29, 0.717) is 18.1 Å². The van der Waals surface area contributed by atoms with E-state index in [-0.39, 0.29) is 12.1 Å². The van der Waals surface area contributed by atoms with Crippen LogP contribution in [0.2, 0.25) is 0 Å². The van der Waals surface area contributed by atoms with Crippen LogP contribution < -0.4 is 10.5 Å². The lowest BCUT2D eigenvalue weighted by molar-refractivity contribution is 0.128. The number of para-hydroxylation sites is 1. The normalized spacial score (nSPS) is 21.6. The van der Waals surface area contributed by atoms with Gasteiger partial charge in [-0.2, -0.15) is 0 Å². The predicted octanol–water partition coefficient (Wildman–Crippen LogP) is 2.01. The van der Waals surface area contributed by atoms with Crippen molar-refractivity contribution < 1.29 is 13.7 Å². The monoisotopic (exact) mass is 297 g/mol. The molecule has 1 aliphatic heterocycles. The molecule has 1 aromatic rings. The molecule has 1 fully saturated rings. The summed E-state index contributed by atoms with van der Waals surface area (Å²) in [4.78, 5) is 0. The maximum Gasteiger partial charge on any atom is 0.124 e. The van der Waals surface area contributed by atoms with E-state index in [2.05, 4.69) is 0 Å². The molecule has 2 rings (SSSR count). The summed E-state index contributed by atoms with van der Waals surface area (Å²) in [6.07, 6.45) is 2.22. The third kappa shape index (κ3) is 4.30. The number of hydrogen-bond donors (Lipinski definition) is 1. The van der Waals surface area contributed by atoms with Gasteiger partial charge in [-0.25, -0.2) is 0 Å². The van der Waals surface area contributed by atoms with Crippen molar-refractivity contribution in [2.45, 2.75) is 31.9 Å². The van der Waals surface area contributed by atoms with Gasteiger partial charge in [0, 0.05) is 40.5 Å². The van der Waals surface area contributed by atoms with Crippen molar-refractivity contribution in [2.75, 3.05) is 24.7 Å². The van der Waals surface area contributed by atoms with Crippen LogP contribution in [-0.2, 0) is 15.5 Å². The lowest BCUT2D eigenvalue weighted by atomic mass is 10.1. The standard InChI is InChI=1S/C15H23NO3S/c1-2-18-15-8-4-3-7-13(15)14(16)11-20(17)10-12-6-5-9-19-12/h3-4,7-8,12,14H,2,5-6,9-11,16H2,1H3. The van der Waals surface area contributed by atoms with E-state index in [1.165, 1.54) is 0 Å². The number of rotatable bonds is 7. The molecule has 0 aromatic heterocycles. The molecule has 3 unspecified atom stereocenters. The fourth-order valence-electron chi connectivity index (χ4n) is 2.42. The minimum atomic E-state index is -0.958. The van der Waals surface area contributed by atoms with Crippen molar-refractivity contribution in [3.63, 3.8) is 0 Å². The van der Waals surface area contributed by atoms with Gasteiger partial charge in [-0.3, -0.25) is 4.21 Å². The number of benzene rings is 1. The van der Waals surface area contributed by atoms with E-state index in [1.807, 2.05) is 31.2 Å². The van der Waals surface area contributed by atoms with Crippen LogP contribution >= 0.6 is 0 Å². The molecule has 1 aromatic carbocycles. The van der Waals surface area contributed by atoms with E-state index < -0.39 is 10.8 Å². The molecule has 20 heavy (non-hydrogen) atoms. The van der Waals surface area contributed by atoms with Gasteiger partial charge in [0.15, 0.2) is 0 Å². The smallest absolute Gasteiger partial charge is 0.124 e. The van der Waals surface area contributed by atoms with E-state index >= 15 is 0 Å². The molecule has 0 spiro atoms. The second-order valence-electron chi connectivity index (χ2n) is 4.99. The molecular formula is C15H23NO3S. The van der Waals surface area contributed by atoms with Crippen LogP contribution in [0.25, 0.3) is 0 Å². The molecule has 0 radical (unpaired) electrons. The summed E-state index contributed by atoms with van der Waals surface area (Å²) in [5.41, 5.74) is 7.11. The Hall–Kier alpha value is -0.910. The molecule has 0 amide bonds. The van der Waals surface area contributed by atoms with Crippen LogP contribution in [0.5, 0.6) is 5.75 Å². The topological polar surface area (TPSA) is 61.5 Å². The molecular weight excluding hydrogens is 274 g/mol. The summed E-state index contributed by atoms with van der Waals surface area (Å²) in [5, 5.41) is 0. The van der Waals surface area contributed by atoms with Crippen LogP contribution in [0.15, 0.2) is 24.3 Å². The van der Waals surface area contributed by atoms with Crippen molar-refractivity contribution in [1.82, 2.24) is 0 Å². The predicted molar refractivity (Wildman–Crippen MR) is 81.4 cm³/mol. The molecule has 1 heterocycles. The molecule has 3 atom stereocenters.